The van der Waals surface area contributed by atoms with Crippen LogP contribution in [0.5, 0.6) is 5.75 Å². The summed E-state index contributed by atoms with van der Waals surface area (Å²) in [5, 5.41) is 2.87. The molecule has 1 N–H and O–H groups in total. The lowest BCUT2D eigenvalue weighted by molar-refractivity contribution is -0.118. The molecule has 7 nitrogen and oxygen atoms in total. The first kappa shape index (κ1) is 20.7. The smallest absolute Gasteiger partial charge is 0.338 e. The molecule has 1 saturated heterocycles. The summed E-state index contributed by atoms with van der Waals surface area (Å²) in [7, 11) is 0. The Bertz CT molecular complexity index is 845. The maximum atomic E-state index is 12.5. The quantitative estimate of drug-likeness (QED) is 0.723. The Morgan fingerprint density at radius 1 is 1.10 bits per heavy atom. The van der Waals surface area contributed by atoms with Gasteiger partial charge >= 0.3 is 5.97 Å². The number of hydrogen-bond donors (Lipinski definition) is 1. The van der Waals surface area contributed by atoms with Crippen LogP contribution in [0.2, 0.25) is 0 Å². The highest BCUT2D eigenvalue weighted by Gasteiger charge is 2.19. The van der Waals surface area contributed by atoms with Crippen molar-refractivity contribution in [3.8, 4) is 5.75 Å². The molecule has 1 amide bonds. The molecule has 3 rings (SSSR count). The fourth-order valence-electron chi connectivity index (χ4n) is 3.03. The molecule has 1 aliphatic heterocycles. The summed E-state index contributed by atoms with van der Waals surface area (Å²) >= 11 is 0. The van der Waals surface area contributed by atoms with Gasteiger partial charge < -0.3 is 24.4 Å². The summed E-state index contributed by atoms with van der Waals surface area (Å²) in [4.78, 5) is 26.7. The van der Waals surface area contributed by atoms with E-state index in [-0.39, 0.29) is 19.1 Å². The van der Waals surface area contributed by atoms with Gasteiger partial charge in [0.25, 0.3) is 5.91 Å². The van der Waals surface area contributed by atoms with Gasteiger partial charge in [0.15, 0.2) is 6.61 Å². The van der Waals surface area contributed by atoms with Gasteiger partial charge in [0, 0.05) is 13.1 Å². The second-order valence-electron chi connectivity index (χ2n) is 6.70. The lowest BCUT2D eigenvalue weighted by atomic mass is 10.1. The second kappa shape index (κ2) is 9.93. The van der Waals surface area contributed by atoms with E-state index in [1.807, 2.05) is 37.3 Å². The Morgan fingerprint density at radius 3 is 2.52 bits per heavy atom. The van der Waals surface area contributed by atoms with Crippen molar-refractivity contribution in [1.29, 1.82) is 0 Å². The highest BCUT2D eigenvalue weighted by atomic mass is 16.5. The Balaban J connectivity index is 1.74. The van der Waals surface area contributed by atoms with Crippen LogP contribution in [0.3, 0.4) is 0 Å². The number of carbonyl (C=O) groups excluding carboxylic acids is 2. The number of nitrogens with one attached hydrogen (secondary N) is 1. The fourth-order valence-corrected chi connectivity index (χ4v) is 3.03. The van der Waals surface area contributed by atoms with Crippen molar-refractivity contribution in [2.24, 2.45) is 0 Å². The van der Waals surface area contributed by atoms with Crippen LogP contribution < -0.4 is 15.0 Å². The van der Waals surface area contributed by atoms with Crippen LogP contribution in [0.15, 0.2) is 42.5 Å². The predicted octanol–water partition coefficient (Wildman–Crippen LogP) is 3.03. The van der Waals surface area contributed by atoms with Crippen molar-refractivity contribution in [3.63, 3.8) is 0 Å². The normalized spacial score (nSPS) is 13.7. The molecule has 154 valence electrons. The summed E-state index contributed by atoms with van der Waals surface area (Å²) in [6.07, 6.45) is 0. The molecule has 0 radical (unpaired) electrons. The van der Waals surface area contributed by atoms with Crippen LogP contribution in [0.4, 0.5) is 11.4 Å². The van der Waals surface area contributed by atoms with Crippen LogP contribution in [0.25, 0.3) is 0 Å². The number of benzene rings is 2. The van der Waals surface area contributed by atoms with E-state index in [0.717, 1.165) is 11.3 Å². The molecule has 1 heterocycles. The molecule has 2 aromatic carbocycles. The molecule has 0 bridgehead atoms. The van der Waals surface area contributed by atoms with E-state index < -0.39 is 5.97 Å². The van der Waals surface area contributed by atoms with Gasteiger partial charge in [0.2, 0.25) is 0 Å². The van der Waals surface area contributed by atoms with Gasteiger partial charge in [-0.2, -0.15) is 0 Å². The number of aryl methyl sites for hydroxylation is 1. The fraction of sp³-hybridized carbons (Fsp3) is 0.364. The second-order valence-corrected chi connectivity index (χ2v) is 6.70. The zero-order chi connectivity index (χ0) is 20.6. The number of hydrogen-bond acceptors (Lipinski definition) is 6. The van der Waals surface area contributed by atoms with Crippen molar-refractivity contribution in [1.82, 2.24) is 0 Å². The number of nitrogens with zero attached hydrogens (tertiary/aromatic N) is 1. The molecule has 2 aromatic rings. The predicted molar refractivity (Wildman–Crippen MR) is 111 cm³/mol. The highest BCUT2D eigenvalue weighted by Crippen LogP contribution is 2.28. The molecule has 0 saturated carbocycles. The molecule has 0 aliphatic carbocycles. The Kier molecular flexibility index (Phi) is 7.08. The van der Waals surface area contributed by atoms with Crippen LogP contribution >= 0.6 is 0 Å². The Labute approximate surface area is 170 Å². The first-order chi connectivity index (χ1) is 14.1. The third kappa shape index (κ3) is 5.71. The zero-order valence-electron chi connectivity index (χ0n) is 16.8. The van der Waals surface area contributed by atoms with E-state index in [2.05, 4.69) is 10.2 Å². The van der Waals surface area contributed by atoms with Gasteiger partial charge in [-0.25, -0.2) is 4.79 Å². The van der Waals surface area contributed by atoms with Crippen molar-refractivity contribution >= 4 is 23.3 Å². The zero-order valence-corrected chi connectivity index (χ0v) is 16.8. The van der Waals surface area contributed by atoms with Gasteiger partial charge in [-0.15, -0.1) is 0 Å². The topological polar surface area (TPSA) is 77.1 Å². The SMILES string of the molecule is CCOC(=O)c1ccc(N2CCOCC2)c(NC(=O)COc2ccc(C)cc2)c1. The minimum Gasteiger partial charge on any atom is -0.484 e. The number of ether oxygens (including phenoxy) is 3. The van der Waals surface area contributed by atoms with Gasteiger partial charge in [-0.3, -0.25) is 4.79 Å². The molecule has 7 heteroatoms. The number of anilines is 2. The molecular formula is C22H26N2O5. The van der Waals surface area contributed by atoms with Gasteiger partial charge in [0.05, 0.1) is 36.8 Å². The number of carbonyl (C=O) groups is 2. The Morgan fingerprint density at radius 2 is 1.83 bits per heavy atom. The highest BCUT2D eigenvalue weighted by molar-refractivity contribution is 5.98. The number of esters is 1. The first-order valence-electron chi connectivity index (χ1n) is 9.70. The lowest BCUT2D eigenvalue weighted by Crippen LogP contribution is -2.37. The molecule has 1 aliphatic rings. The maximum absolute atomic E-state index is 12.5. The molecule has 0 aromatic heterocycles. The van der Waals surface area contributed by atoms with Crippen molar-refractivity contribution < 1.29 is 23.8 Å². The molecule has 0 atom stereocenters. The molecule has 29 heavy (non-hydrogen) atoms. The summed E-state index contributed by atoms with van der Waals surface area (Å²) in [5.41, 5.74) is 2.89. The minimum absolute atomic E-state index is 0.130. The number of rotatable bonds is 7. The number of amides is 1. The Hall–Kier alpha value is -3.06. The van der Waals surface area contributed by atoms with Crippen molar-refractivity contribution in [3.05, 3.63) is 53.6 Å². The van der Waals surface area contributed by atoms with E-state index in [0.29, 0.717) is 43.3 Å². The first-order valence-corrected chi connectivity index (χ1v) is 9.70. The molecule has 0 unspecified atom stereocenters. The van der Waals surface area contributed by atoms with E-state index >= 15 is 0 Å². The monoisotopic (exact) mass is 398 g/mol. The van der Waals surface area contributed by atoms with Crippen LogP contribution in [0.1, 0.15) is 22.8 Å². The van der Waals surface area contributed by atoms with E-state index in [4.69, 9.17) is 14.2 Å². The summed E-state index contributed by atoms with van der Waals surface area (Å²) in [6, 6.07) is 12.7. The standard InChI is InChI=1S/C22H26N2O5/c1-3-28-22(26)17-6-9-20(24-10-12-27-13-11-24)19(14-17)23-21(25)15-29-18-7-4-16(2)5-8-18/h4-9,14H,3,10-13,15H2,1-2H3,(H,23,25). The van der Waals surface area contributed by atoms with Crippen LogP contribution in [0, 0.1) is 6.92 Å². The maximum Gasteiger partial charge on any atom is 0.338 e. The van der Waals surface area contributed by atoms with Crippen molar-refractivity contribution in [2.75, 3.05) is 49.7 Å². The lowest BCUT2D eigenvalue weighted by Gasteiger charge is -2.30. The largest absolute Gasteiger partial charge is 0.484 e. The van der Waals surface area contributed by atoms with Crippen LogP contribution in [-0.4, -0.2) is 51.4 Å². The molecule has 1 fully saturated rings. The average molecular weight is 398 g/mol. The summed E-state index contributed by atoms with van der Waals surface area (Å²) in [5.74, 6) is -0.104. The third-order valence-corrected chi connectivity index (χ3v) is 4.52. The van der Waals surface area contributed by atoms with Gasteiger partial charge in [-0.05, 0) is 44.2 Å². The van der Waals surface area contributed by atoms with Crippen LogP contribution in [-0.2, 0) is 14.3 Å². The van der Waals surface area contributed by atoms with E-state index in [1.54, 1.807) is 19.1 Å². The van der Waals surface area contributed by atoms with Crippen molar-refractivity contribution in [2.45, 2.75) is 13.8 Å². The van der Waals surface area contributed by atoms with Gasteiger partial charge in [-0.1, -0.05) is 17.7 Å². The summed E-state index contributed by atoms with van der Waals surface area (Å²) < 4.78 is 16.0. The van der Waals surface area contributed by atoms with E-state index in [9.17, 15) is 9.59 Å². The average Bonchev–Trinajstić information content (AvgIpc) is 2.74. The minimum atomic E-state index is -0.424. The molecular weight excluding hydrogens is 372 g/mol. The number of morpholine rings is 1. The van der Waals surface area contributed by atoms with Gasteiger partial charge in [0.1, 0.15) is 5.75 Å². The third-order valence-electron chi connectivity index (χ3n) is 4.52. The summed E-state index contributed by atoms with van der Waals surface area (Å²) in [6.45, 7) is 6.55. The van der Waals surface area contributed by atoms with E-state index in [1.165, 1.54) is 0 Å². The molecule has 0 spiro atoms.